The third-order valence-electron chi connectivity index (χ3n) is 4.44. The highest BCUT2D eigenvalue weighted by Gasteiger charge is 2.12. The minimum Gasteiger partial charge on any atom is -0.343 e. The first-order valence-corrected chi connectivity index (χ1v) is 11.2. The second kappa shape index (κ2) is 18.3. The van der Waals surface area contributed by atoms with E-state index in [2.05, 4.69) is 34.7 Å². The lowest BCUT2D eigenvalue weighted by molar-refractivity contribution is -0.131. The molecule has 0 saturated carbocycles. The lowest BCUT2D eigenvalue weighted by Gasteiger charge is -2.23. The van der Waals surface area contributed by atoms with Gasteiger partial charge in [-0.1, -0.05) is 87.6 Å². The van der Waals surface area contributed by atoms with Crippen molar-refractivity contribution in [3.05, 3.63) is 0 Å². The van der Waals surface area contributed by atoms with E-state index in [1.807, 2.05) is 0 Å². The van der Waals surface area contributed by atoms with Crippen molar-refractivity contribution < 1.29 is 4.79 Å². The maximum absolute atomic E-state index is 12.5. The highest BCUT2D eigenvalue weighted by atomic mass is 79.9. The Balaban J connectivity index is 4.00. The third kappa shape index (κ3) is 15.2. The Labute approximate surface area is 153 Å². The van der Waals surface area contributed by atoms with Gasteiger partial charge in [-0.05, 0) is 25.7 Å². The Morgan fingerprint density at radius 3 is 1.65 bits per heavy atom. The minimum absolute atomic E-state index is 0.394. The monoisotopic (exact) mass is 389 g/mol. The van der Waals surface area contributed by atoms with Gasteiger partial charge in [0.2, 0.25) is 5.91 Å². The fraction of sp³-hybridized carbons (Fsp3) is 0.950. The molecule has 0 unspecified atom stereocenters. The van der Waals surface area contributed by atoms with Gasteiger partial charge in [-0.3, -0.25) is 4.79 Å². The van der Waals surface area contributed by atoms with Gasteiger partial charge in [0.15, 0.2) is 0 Å². The summed E-state index contributed by atoms with van der Waals surface area (Å²) in [6.07, 6.45) is 16.9. The molecular weight excluding hydrogens is 350 g/mol. The first-order valence-electron chi connectivity index (χ1n) is 10.1. The second-order valence-corrected chi connectivity index (χ2v) is 7.50. The third-order valence-corrected chi connectivity index (χ3v) is 5.00. The summed E-state index contributed by atoms with van der Waals surface area (Å²) in [7, 11) is 0. The Bertz CT molecular complexity index is 244. The Morgan fingerprint density at radius 2 is 1.17 bits per heavy atom. The number of unbranched alkanes of at least 4 members (excludes halogenated alkanes) is 10. The van der Waals surface area contributed by atoms with Gasteiger partial charge < -0.3 is 4.90 Å². The number of carbonyl (C=O) groups excluding carboxylic acids is 1. The zero-order valence-electron chi connectivity index (χ0n) is 15.8. The summed E-state index contributed by atoms with van der Waals surface area (Å²) in [6, 6.07) is 0. The summed E-state index contributed by atoms with van der Waals surface area (Å²) in [6.45, 7) is 6.46. The van der Waals surface area contributed by atoms with Crippen LogP contribution in [0, 0.1) is 0 Å². The van der Waals surface area contributed by atoms with Crippen LogP contribution in [0.5, 0.6) is 0 Å². The quantitative estimate of drug-likeness (QED) is 0.200. The molecule has 0 saturated heterocycles. The van der Waals surface area contributed by atoms with Crippen LogP contribution < -0.4 is 0 Å². The van der Waals surface area contributed by atoms with E-state index in [-0.39, 0.29) is 0 Å². The summed E-state index contributed by atoms with van der Waals surface area (Å²) in [5.41, 5.74) is 0. The Hall–Kier alpha value is -0.0500. The van der Waals surface area contributed by atoms with E-state index >= 15 is 0 Å². The van der Waals surface area contributed by atoms with Crippen LogP contribution in [0.2, 0.25) is 0 Å². The molecule has 1 amide bonds. The minimum atomic E-state index is 0.394. The van der Waals surface area contributed by atoms with Crippen molar-refractivity contribution in [2.75, 3.05) is 18.4 Å². The molecule has 2 nitrogen and oxygen atoms in total. The average molecular weight is 390 g/mol. The van der Waals surface area contributed by atoms with E-state index in [1.165, 1.54) is 70.6 Å². The van der Waals surface area contributed by atoms with Crippen molar-refractivity contribution in [1.82, 2.24) is 4.90 Å². The summed E-state index contributed by atoms with van der Waals surface area (Å²) in [4.78, 5) is 14.6. The van der Waals surface area contributed by atoms with E-state index < -0.39 is 0 Å². The molecule has 0 aliphatic rings. The fourth-order valence-corrected chi connectivity index (χ4v) is 3.28. The lowest BCUT2D eigenvalue weighted by Crippen LogP contribution is -2.32. The number of halogens is 1. The molecule has 0 aliphatic carbocycles. The topological polar surface area (TPSA) is 20.3 Å². The molecular formula is C20H40BrNO. The van der Waals surface area contributed by atoms with Gasteiger partial charge >= 0.3 is 0 Å². The summed E-state index contributed by atoms with van der Waals surface area (Å²) in [5.74, 6) is 0.394. The average Bonchev–Trinajstić information content (AvgIpc) is 2.56. The van der Waals surface area contributed by atoms with Crippen LogP contribution in [0.25, 0.3) is 0 Å². The summed E-state index contributed by atoms with van der Waals surface area (Å²) in [5, 5.41) is 1.06. The van der Waals surface area contributed by atoms with Crippen molar-refractivity contribution in [1.29, 1.82) is 0 Å². The second-order valence-electron chi connectivity index (χ2n) is 6.71. The van der Waals surface area contributed by atoms with Gasteiger partial charge in [0.25, 0.3) is 0 Å². The zero-order chi connectivity index (χ0) is 17.2. The molecule has 0 N–H and O–H groups in total. The van der Waals surface area contributed by atoms with Crippen molar-refractivity contribution >= 4 is 21.8 Å². The van der Waals surface area contributed by atoms with E-state index in [0.717, 1.165) is 37.7 Å². The van der Waals surface area contributed by atoms with Crippen LogP contribution in [0.1, 0.15) is 104 Å². The van der Waals surface area contributed by atoms with Crippen molar-refractivity contribution in [2.24, 2.45) is 0 Å². The number of rotatable bonds is 17. The number of alkyl halides is 1. The first-order chi connectivity index (χ1) is 11.3. The van der Waals surface area contributed by atoms with Crippen LogP contribution in [0.15, 0.2) is 0 Å². The van der Waals surface area contributed by atoms with Crippen LogP contribution >= 0.6 is 15.9 Å². The maximum Gasteiger partial charge on any atom is 0.222 e. The predicted octanol–water partition coefficient (Wildman–Crippen LogP) is 6.71. The van der Waals surface area contributed by atoms with Crippen LogP contribution in [0.3, 0.4) is 0 Å². The Kier molecular flexibility index (Phi) is 18.3. The number of amides is 1. The molecule has 0 fully saturated rings. The largest absolute Gasteiger partial charge is 0.343 e. The molecule has 0 atom stereocenters. The molecule has 0 bridgehead atoms. The molecule has 138 valence electrons. The zero-order valence-corrected chi connectivity index (χ0v) is 17.3. The molecule has 0 radical (unpaired) electrons. The van der Waals surface area contributed by atoms with Gasteiger partial charge in [-0.15, -0.1) is 0 Å². The Morgan fingerprint density at radius 1 is 0.696 bits per heavy atom. The SMILES string of the molecule is CCCCCCCN(CCCCCCC)C(=O)CCCCCBr. The molecule has 23 heavy (non-hydrogen) atoms. The summed E-state index contributed by atoms with van der Waals surface area (Å²) < 4.78 is 0. The van der Waals surface area contributed by atoms with Crippen molar-refractivity contribution in [2.45, 2.75) is 104 Å². The van der Waals surface area contributed by atoms with E-state index in [1.54, 1.807) is 0 Å². The summed E-state index contributed by atoms with van der Waals surface area (Å²) >= 11 is 3.46. The van der Waals surface area contributed by atoms with Gasteiger partial charge in [-0.2, -0.15) is 0 Å². The maximum atomic E-state index is 12.5. The molecule has 0 aromatic heterocycles. The lowest BCUT2D eigenvalue weighted by atomic mass is 10.1. The molecule has 0 spiro atoms. The molecule has 0 heterocycles. The number of nitrogens with zero attached hydrogens (tertiary/aromatic N) is 1. The smallest absolute Gasteiger partial charge is 0.222 e. The van der Waals surface area contributed by atoms with Gasteiger partial charge in [0.05, 0.1) is 0 Å². The molecule has 0 aromatic carbocycles. The van der Waals surface area contributed by atoms with Gasteiger partial charge in [0.1, 0.15) is 0 Å². The first kappa shape index (κ1) is 22.9. The highest BCUT2D eigenvalue weighted by Crippen LogP contribution is 2.10. The molecule has 0 rings (SSSR count). The van der Waals surface area contributed by atoms with Gasteiger partial charge in [-0.25, -0.2) is 0 Å². The van der Waals surface area contributed by atoms with Crippen LogP contribution in [-0.4, -0.2) is 29.2 Å². The van der Waals surface area contributed by atoms with Crippen LogP contribution in [-0.2, 0) is 4.79 Å². The van der Waals surface area contributed by atoms with Crippen molar-refractivity contribution in [3.63, 3.8) is 0 Å². The molecule has 0 aliphatic heterocycles. The van der Waals surface area contributed by atoms with E-state index in [0.29, 0.717) is 5.91 Å². The number of hydrogen-bond donors (Lipinski definition) is 0. The molecule has 0 aromatic rings. The van der Waals surface area contributed by atoms with E-state index in [4.69, 9.17) is 0 Å². The number of hydrogen-bond acceptors (Lipinski definition) is 1. The van der Waals surface area contributed by atoms with Crippen LogP contribution in [0.4, 0.5) is 0 Å². The standard InChI is InChI=1S/C20H40BrNO/c1-3-5-7-9-14-18-22(19-15-10-8-6-4-2)20(23)16-12-11-13-17-21/h3-19H2,1-2H3. The normalized spacial score (nSPS) is 10.9. The highest BCUT2D eigenvalue weighted by molar-refractivity contribution is 9.09. The predicted molar refractivity (Wildman–Crippen MR) is 106 cm³/mol. The number of carbonyl (C=O) groups is 1. The fourth-order valence-electron chi connectivity index (χ4n) is 2.88. The molecule has 3 heteroatoms. The van der Waals surface area contributed by atoms with Gasteiger partial charge in [0, 0.05) is 24.8 Å². The van der Waals surface area contributed by atoms with E-state index in [9.17, 15) is 4.79 Å². The van der Waals surface area contributed by atoms with Crippen molar-refractivity contribution in [3.8, 4) is 0 Å².